The first-order valence-electron chi connectivity index (χ1n) is 10.6. The van der Waals surface area contributed by atoms with Gasteiger partial charge in [-0.1, -0.05) is 41.4 Å². The molecule has 0 bridgehead atoms. The number of nitrogens with zero attached hydrogens (tertiary/aromatic N) is 1. The first-order valence-corrected chi connectivity index (χ1v) is 12.4. The van der Waals surface area contributed by atoms with Crippen molar-refractivity contribution >= 4 is 33.2 Å². The summed E-state index contributed by atoms with van der Waals surface area (Å²) in [6.45, 7) is 1.70. The van der Waals surface area contributed by atoms with E-state index in [0.717, 1.165) is 15.4 Å². The van der Waals surface area contributed by atoms with E-state index in [1.807, 2.05) is 31.2 Å². The number of hydrogen-bond donors (Lipinski definition) is 1. The van der Waals surface area contributed by atoms with E-state index in [2.05, 4.69) is 5.32 Å². The van der Waals surface area contributed by atoms with Gasteiger partial charge in [0.1, 0.15) is 12.3 Å². The summed E-state index contributed by atoms with van der Waals surface area (Å²) >= 11 is 6.18. The van der Waals surface area contributed by atoms with Crippen LogP contribution in [0.3, 0.4) is 0 Å². The zero-order valence-electron chi connectivity index (χ0n) is 19.9. The van der Waals surface area contributed by atoms with Crippen LogP contribution in [0.2, 0.25) is 5.02 Å². The first kappa shape index (κ1) is 26.2. The van der Waals surface area contributed by atoms with E-state index in [9.17, 15) is 13.2 Å². The lowest BCUT2D eigenvalue weighted by Gasteiger charge is -2.26. The minimum absolute atomic E-state index is 0.0938. The van der Waals surface area contributed by atoms with Crippen molar-refractivity contribution < 1.29 is 27.4 Å². The normalized spacial score (nSPS) is 11.0. The fourth-order valence-corrected chi connectivity index (χ4v) is 5.08. The highest BCUT2D eigenvalue weighted by Gasteiger charge is 2.30. The van der Waals surface area contributed by atoms with Gasteiger partial charge in [0.25, 0.3) is 10.0 Å². The largest absolute Gasteiger partial charge is 0.495 e. The Kier molecular flexibility index (Phi) is 8.48. The van der Waals surface area contributed by atoms with Crippen LogP contribution in [-0.2, 0) is 21.4 Å². The van der Waals surface area contributed by atoms with E-state index in [0.29, 0.717) is 5.75 Å². The predicted molar refractivity (Wildman–Crippen MR) is 135 cm³/mol. The number of halogens is 1. The summed E-state index contributed by atoms with van der Waals surface area (Å²) in [6.07, 6.45) is 0. The molecule has 0 atom stereocenters. The lowest BCUT2D eigenvalue weighted by molar-refractivity contribution is -0.119. The molecule has 0 aliphatic carbocycles. The highest BCUT2D eigenvalue weighted by molar-refractivity contribution is 7.92. The number of ether oxygens (including phenoxy) is 3. The summed E-state index contributed by atoms with van der Waals surface area (Å²) in [5, 5.41) is 3.06. The van der Waals surface area contributed by atoms with Crippen LogP contribution in [-0.4, -0.2) is 42.2 Å². The Labute approximate surface area is 210 Å². The molecule has 0 unspecified atom stereocenters. The molecule has 8 nitrogen and oxygen atoms in total. The lowest BCUT2D eigenvalue weighted by atomic mass is 10.1. The van der Waals surface area contributed by atoms with Gasteiger partial charge in [-0.2, -0.15) is 0 Å². The van der Waals surface area contributed by atoms with Gasteiger partial charge < -0.3 is 19.5 Å². The molecule has 0 spiro atoms. The average molecular weight is 519 g/mol. The Balaban J connectivity index is 2.00. The smallest absolute Gasteiger partial charge is 0.265 e. The fourth-order valence-electron chi connectivity index (χ4n) is 3.47. The van der Waals surface area contributed by atoms with E-state index < -0.39 is 22.5 Å². The second-order valence-electron chi connectivity index (χ2n) is 7.61. The molecule has 1 amide bonds. The Morgan fingerprint density at radius 3 is 2.26 bits per heavy atom. The number of sulfonamides is 1. The van der Waals surface area contributed by atoms with Crippen LogP contribution >= 0.6 is 11.6 Å². The van der Waals surface area contributed by atoms with Crippen LogP contribution in [0.4, 0.5) is 5.69 Å². The van der Waals surface area contributed by atoms with E-state index in [-0.39, 0.29) is 33.6 Å². The molecule has 1 N–H and O–H groups in total. The second-order valence-corrected chi connectivity index (χ2v) is 9.91. The maximum atomic E-state index is 13.8. The van der Waals surface area contributed by atoms with Crippen LogP contribution in [0.1, 0.15) is 11.1 Å². The van der Waals surface area contributed by atoms with Gasteiger partial charge in [0.15, 0.2) is 11.5 Å². The number of rotatable bonds is 10. The Morgan fingerprint density at radius 1 is 0.914 bits per heavy atom. The van der Waals surface area contributed by atoms with Crippen LogP contribution in [0, 0.1) is 6.92 Å². The highest BCUT2D eigenvalue weighted by Crippen LogP contribution is 2.36. The molecule has 3 rings (SSSR count). The molecule has 0 aromatic heterocycles. The number of nitrogens with one attached hydrogen (secondary N) is 1. The molecule has 0 saturated carbocycles. The third-order valence-electron chi connectivity index (χ3n) is 5.21. The van der Waals surface area contributed by atoms with Gasteiger partial charge in [-0.05, 0) is 42.8 Å². The van der Waals surface area contributed by atoms with Gasteiger partial charge in [-0.15, -0.1) is 0 Å². The molecule has 3 aromatic rings. The molecular weight excluding hydrogens is 492 g/mol. The molecule has 0 heterocycles. The minimum atomic E-state index is -4.25. The average Bonchev–Trinajstić information content (AvgIpc) is 2.85. The molecule has 0 saturated heterocycles. The number of carbonyl (C=O) groups excluding carboxylic acids is 1. The molecule has 0 aliphatic heterocycles. The van der Waals surface area contributed by atoms with Gasteiger partial charge in [0.05, 0.1) is 31.9 Å². The lowest BCUT2D eigenvalue weighted by Crippen LogP contribution is -2.41. The van der Waals surface area contributed by atoms with E-state index >= 15 is 0 Å². The topological polar surface area (TPSA) is 94.2 Å². The molecule has 0 fully saturated rings. The molecule has 3 aromatic carbocycles. The van der Waals surface area contributed by atoms with Crippen molar-refractivity contribution in [1.82, 2.24) is 5.32 Å². The maximum absolute atomic E-state index is 13.8. The SMILES string of the molecule is COc1ccc(S(=O)(=O)N(CC(=O)NCc2cccc(C)c2)c2cc(Cl)ccc2OC)cc1OC. The van der Waals surface area contributed by atoms with Crippen molar-refractivity contribution in [2.45, 2.75) is 18.4 Å². The first-order chi connectivity index (χ1) is 16.7. The van der Waals surface area contributed by atoms with Gasteiger partial charge in [0.2, 0.25) is 5.91 Å². The number of hydrogen-bond acceptors (Lipinski definition) is 6. The third kappa shape index (κ3) is 6.17. The molecule has 0 aliphatic rings. The van der Waals surface area contributed by atoms with Crippen molar-refractivity contribution in [1.29, 1.82) is 0 Å². The quantitative estimate of drug-likeness (QED) is 0.432. The number of benzene rings is 3. The molecular formula is C25H27ClN2O6S. The van der Waals surface area contributed by atoms with Crippen LogP contribution < -0.4 is 23.8 Å². The van der Waals surface area contributed by atoms with E-state index in [4.69, 9.17) is 25.8 Å². The van der Waals surface area contributed by atoms with Crippen LogP contribution in [0.15, 0.2) is 65.6 Å². The standard InChI is InChI=1S/C25H27ClN2O6S/c1-17-6-5-7-18(12-17)15-27-25(29)16-28(21-13-19(26)8-10-22(21)32-2)35(30,31)20-9-11-23(33-3)24(14-20)34-4/h5-14H,15-16H2,1-4H3,(H,27,29). The van der Waals surface area contributed by atoms with Crippen LogP contribution in [0.5, 0.6) is 17.2 Å². The van der Waals surface area contributed by atoms with Crippen molar-refractivity contribution in [2.24, 2.45) is 0 Å². The second kappa shape index (κ2) is 11.3. The van der Waals surface area contributed by atoms with E-state index in [1.54, 1.807) is 12.1 Å². The molecule has 10 heteroatoms. The summed E-state index contributed by atoms with van der Waals surface area (Å²) in [5.41, 5.74) is 2.08. The van der Waals surface area contributed by atoms with Gasteiger partial charge in [-0.3, -0.25) is 9.10 Å². The van der Waals surface area contributed by atoms with Gasteiger partial charge >= 0.3 is 0 Å². The third-order valence-corrected chi connectivity index (χ3v) is 7.20. The minimum Gasteiger partial charge on any atom is -0.495 e. The predicted octanol–water partition coefficient (Wildman–Crippen LogP) is 4.19. The maximum Gasteiger partial charge on any atom is 0.265 e. The van der Waals surface area contributed by atoms with Crippen molar-refractivity contribution in [2.75, 3.05) is 32.2 Å². The van der Waals surface area contributed by atoms with Gasteiger partial charge in [-0.25, -0.2) is 8.42 Å². The monoisotopic (exact) mass is 518 g/mol. The molecule has 35 heavy (non-hydrogen) atoms. The number of anilines is 1. The van der Waals surface area contributed by atoms with E-state index in [1.165, 1.54) is 45.6 Å². The molecule has 186 valence electrons. The Morgan fingerprint density at radius 2 is 1.60 bits per heavy atom. The van der Waals surface area contributed by atoms with Gasteiger partial charge in [0, 0.05) is 17.6 Å². The number of amides is 1. The summed E-state index contributed by atoms with van der Waals surface area (Å²) in [7, 11) is 0.0206. The molecule has 0 radical (unpaired) electrons. The van der Waals surface area contributed by atoms with Crippen molar-refractivity contribution in [3.8, 4) is 17.2 Å². The number of methoxy groups -OCH3 is 3. The fraction of sp³-hybridized carbons (Fsp3) is 0.240. The van der Waals surface area contributed by atoms with Crippen molar-refractivity contribution in [3.05, 3.63) is 76.8 Å². The highest BCUT2D eigenvalue weighted by atomic mass is 35.5. The summed E-state index contributed by atoms with van der Waals surface area (Å²) < 4.78 is 44.4. The Bertz CT molecular complexity index is 1310. The number of carbonyl (C=O) groups is 1. The van der Waals surface area contributed by atoms with Crippen molar-refractivity contribution in [3.63, 3.8) is 0 Å². The summed E-state index contributed by atoms with van der Waals surface area (Å²) in [6, 6.07) is 16.4. The number of aryl methyl sites for hydroxylation is 1. The zero-order chi connectivity index (χ0) is 25.6. The summed E-state index contributed by atoms with van der Waals surface area (Å²) in [4.78, 5) is 12.8. The Hall–Kier alpha value is -3.43. The van der Waals surface area contributed by atoms with Crippen LogP contribution in [0.25, 0.3) is 0 Å². The zero-order valence-corrected chi connectivity index (χ0v) is 21.4. The summed E-state index contributed by atoms with van der Waals surface area (Å²) in [5.74, 6) is 0.340.